The average Bonchev–Trinajstić information content (AvgIpc) is 3.29. The summed E-state index contributed by atoms with van der Waals surface area (Å²) >= 11 is 3.41. The van der Waals surface area contributed by atoms with Crippen molar-refractivity contribution in [2.24, 2.45) is 0 Å². The number of anilines is 1. The van der Waals surface area contributed by atoms with Gasteiger partial charge in [0.1, 0.15) is 11.9 Å². The molecule has 0 saturated heterocycles. The van der Waals surface area contributed by atoms with Crippen molar-refractivity contribution in [3.63, 3.8) is 0 Å². The first kappa shape index (κ1) is 21.1. The topological polar surface area (TPSA) is 89.1 Å². The van der Waals surface area contributed by atoms with Gasteiger partial charge in [-0.3, -0.25) is 15.0 Å². The summed E-state index contributed by atoms with van der Waals surface area (Å²) in [5.41, 5.74) is 4.92. The molecule has 0 aliphatic carbocycles. The summed E-state index contributed by atoms with van der Waals surface area (Å²) in [5, 5.41) is 4.64. The van der Waals surface area contributed by atoms with E-state index in [1.807, 2.05) is 25.1 Å². The average molecular weight is 510 g/mol. The second-order valence-electron chi connectivity index (χ2n) is 7.39. The number of nitrogens with zero attached hydrogens (tertiary/aromatic N) is 1. The number of hydrazine groups is 1. The molecule has 2 aliphatic heterocycles. The number of rotatable bonds is 5. The summed E-state index contributed by atoms with van der Waals surface area (Å²) in [6.07, 6.45) is -0.677. The number of carbonyl (C=O) groups is 2. The van der Waals surface area contributed by atoms with Gasteiger partial charge in [-0.25, -0.2) is 5.01 Å². The number of amides is 2. The number of carbonyl (C=O) groups excluding carboxylic acids is 2. The zero-order valence-electron chi connectivity index (χ0n) is 17.6. The predicted molar refractivity (Wildman–Crippen MR) is 124 cm³/mol. The molecular weight excluding hydrogens is 490 g/mol. The molecule has 2 N–H and O–H groups in total. The monoisotopic (exact) mass is 509 g/mol. The molecule has 2 heterocycles. The molecule has 0 bridgehead atoms. The van der Waals surface area contributed by atoms with Gasteiger partial charge in [0.05, 0.1) is 17.7 Å². The van der Waals surface area contributed by atoms with E-state index in [2.05, 4.69) is 26.7 Å². The first-order valence-corrected chi connectivity index (χ1v) is 11.2. The normalized spacial score (nSPS) is 16.1. The molecule has 8 nitrogen and oxygen atoms in total. The highest BCUT2D eigenvalue weighted by Crippen LogP contribution is 2.38. The van der Waals surface area contributed by atoms with Gasteiger partial charge in [0.2, 0.25) is 6.79 Å². The maximum absolute atomic E-state index is 13.5. The van der Waals surface area contributed by atoms with Gasteiger partial charge in [-0.1, -0.05) is 34.1 Å². The van der Waals surface area contributed by atoms with E-state index in [0.29, 0.717) is 40.7 Å². The molecule has 3 aromatic carbocycles. The number of nitrogens with one attached hydrogen (secondary N) is 2. The maximum atomic E-state index is 13.5. The SMILES string of the molecule is CCOc1ccccc1C(=O)NN1C(=O)c2cc(Br)ccc2N[C@H]1c1ccc2c(c1)OCO2. The van der Waals surface area contributed by atoms with E-state index in [4.69, 9.17) is 14.2 Å². The fourth-order valence-corrected chi connectivity index (χ4v) is 4.18. The van der Waals surface area contributed by atoms with E-state index in [0.717, 1.165) is 10.0 Å². The van der Waals surface area contributed by atoms with Crippen LogP contribution in [0.15, 0.2) is 65.1 Å². The highest BCUT2D eigenvalue weighted by atomic mass is 79.9. The molecule has 2 aliphatic rings. The van der Waals surface area contributed by atoms with Crippen molar-refractivity contribution in [2.45, 2.75) is 13.1 Å². The second kappa shape index (κ2) is 8.67. The number of benzene rings is 3. The van der Waals surface area contributed by atoms with E-state index in [9.17, 15) is 9.59 Å². The van der Waals surface area contributed by atoms with Crippen LogP contribution in [-0.4, -0.2) is 30.2 Å². The highest BCUT2D eigenvalue weighted by molar-refractivity contribution is 9.10. The molecule has 0 saturated carbocycles. The Hall–Kier alpha value is -3.72. The van der Waals surface area contributed by atoms with Crippen LogP contribution in [-0.2, 0) is 0 Å². The Morgan fingerprint density at radius 1 is 1.15 bits per heavy atom. The minimum absolute atomic E-state index is 0.140. The fourth-order valence-electron chi connectivity index (χ4n) is 3.81. The zero-order chi connectivity index (χ0) is 22.9. The smallest absolute Gasteiger partial charge is 0.276 e. The van der Waals surface area contributed by atoms with Crippen molar-refractivity contribution in [1.82, 2.24) is 10.4 Å². The van der Waals surface area contributed by atoms with Gasteiger partial charge in [0.25, 0.3) is 11.8 Å². The third-order valence-corrected chi connectivity index (χ3v) is 5.84. The Morgan fingerprint density at radius 3 is 2.82 bits per heavy atom. The third-order valence-electron chi connectivity index (χ3n) is 5.35. The van der Waals surface area contributed by atoms with Crippen LogP contribution in [0.1, 0.15) is 39.4 Å². The summed E-state index contributed by atoms with van der Waals surface area (Å²) in [7, 11) is 0. The lowest BCUT2D eigenvalue weighted by atomic mass is 10.0. The number of halogens is 1. The Kier molecular flexibility index (Phi) is 5.55. The number of ether oxygens (including phenoxy) is 3. The molecule has 0 fully saturated rings. The zero-order valence-corrected chi connectivity index (χ0v) is 19.2. The summed E-state index contributed by atoms with van der Waals surface area (Å²) in [6, 6.07) is 17.7. The van der Waals surface area contributed by atoms with Crippen LogP contribution in [0.4, 0.5) is 5.69 Å². The second-order valence-corrected chi connectivity index (χ2v) is 8.31. The Morgan fingerprint density at radius 2 is 1.97 bits per heavy atom. The van der Waals surface area contributed by atoms with E-state index in [1.54, 1.807) is 42.5 Å². The van der Waals surface area contributed by atoms with Gasteiger partial charge in [-0.2, -0.15) is 0 Å². The first-order valence-electron chi connectivity index (χ1n) is 10.4. The molecule has 2 amide bonds. The van der Waals surface area contributed by atoms with Gasteiger partial charge < -0.3 is 19.5 Å². The van der Waals surface area contributed by atoms with Gasteiger partial charge in [-0.05, 0) is 49.4 Å². The molecule has 0 radical (unpaired) electrons. The molecule has 0 spiro atoms. The minimum Gasteiger partial charge on any atom is -0.493 e. The Balaban J connectivity index is 1.53. The standard InChI is InChI=1S/C24H20BrN3O5/c1-2-31-19-6-4-3-5-16(19)23(29)27-28-22(14-7-10-20-21(11-14)33-13-32-20)26-18-9-8-15(25)12-17(18)24(28)30/h3-12,22,26H,2,13H2,1H3,(H,27,29)/t22-/m1/s1. The van der Waals surface area contributed by atoms with Crippen molar-refractivity contribution in [1.29, 1.82) is 0 Å². The summed E-state index contributed by atoms with van der Waals surface area (Å²) in [4.78, 5) is 26.8. The van der Waals surface area contributed by atoms with E-state index in [1.165, 1.54) is 5.01 Å². The van der Waals surface area contributed by atoms with Gasteiger partial charge >= 0.3 is 0 Å². The number of hydrogen-bond donors (Lipinski definition) is 2. The lowest BCUT2D eigenvalue weighted by molar-refractivity contribution is 0.0489. The van der Waals surface area contributed by atoms with Crippen molar-refractivity contribution < 1.29 is 23.8 Å². The van der Waals surface area contributed by atoms with E-state index >= 15 is 0 Å². The van der Waals surface area contributed by atoms with Gasteiger partial charge in [0.15, 0.2) is 11.5 Å². The van der Waals surface area contributed by atoms with E-state index < -0.39 is 12.1 Å². The largest absolute Gasteiger partial charge is 0.493 e. The minimum atomic E-state index is -0.677. The van der Waals surface area contributed by atoms with Crippen LogP contribution in [0.3, 0.4) is 0 Å². The van der Waals surface area contributed by atoms with Crippen molar-refractivity contribution >= 4 is 33.4 Å². The quantitative estimate of drug-likeness (QED) is 0.526. The van der Waals surface area contributed by atoms with Crippen LogP contribution in [0, 0.1) is 0 Å². The molecule has 0 aromatic heterocycles. The molecule has 5 rings (SSSR count). The van der Waals surface area contributed by atoms with Crippen LogP contribution < -0.4 is 25.0 Å². The Bertz CT molecular complexity index is 1250. The van der Waals surface area contributed by atoms with Crippen molar-refractivity contribution in [3.8, 4) is 17.2 Å². The number of hydrogen-bond acceptors (Lipinski definition) is 6. The van der Waals surface area contributed by atoms with Crippen LogP contribution in [0.5, 0.6) is 17.2 Å². The molecule has 33 heavy (non-hydrogen) atoms. The predicted octanol–water partition coefficient (Wildman–Crippen LogP) is 4.49. The van der Waals surface area contributed by atoms with Gasteiger partial charge in [0, 0.05) is 15.7 Å². The summed E-state index contributed by atoms with van der Waals surface area (Å²) < 4.78 is 17.3. The number of para-hydroxylation sites is 1. The summed E-state index contributed by atoms with van der Waals surface area (Å²) in [5.74, 6) is 0.841. The third kappa shape index (κ3) is 3.95. The van der Waals surface area contributed by atoms with Crippen molar-refractivity contribution in [3.05, 3.63) is 81.8 Å². The fraction of sp³-hybridized carbons (Fsp3) is 0.167. The maximum Gasteiger partial charge on any atom is 0.276 e. The van der Waals surface area contributed by atoms with Crippen LogP contribution in [0.25, 0.3) is 0 Å². The number of fused-ring (bicyclic) bond motifs is 2. The molecule has 3 aromatic rings. The lowest BCUT2D eigenvalue weighted by Gasteiger charge is -2.38. The van der Waals surface area contributed by atoms with Gasteiger partial charge in [-0.15, -0.1) is 0 Å². The van der Waals surface area contributed by atoms with Crippen molar-refractivity contribution in [2.75, 3.05) is 18.7 Å². The summed E-state index contributed by atoms with van der Waals surface area (Å²) in [6.45, 7) is 2.40. The molecule has 9 heteroatoms. The Labute approximate surface area is 198 Å². The molecule has 1 atom stereocenters. The molecule has 0 unspecified atom stereocenters. The van der Waals surface area contributed by atoms with E-state index in [-0.39, 0.29) is 12.7 Å². The van der Waals surface area contributed by atoms with Crippen LogP contribution >= 0.6 is 15.9 Å². The lowest BCUT2D eigenvalue weighted by Crippen LogP contribution is -2.52. The van der Waals surface area contributed by atoms with Crippen LogP contribution in [0.2, 0.25) is 0 Å². The highest BCUT2D eigenvalue weighted by Gasteiger charge is 2.36. The molecule has 168 valence electrons. The molecular formula is C24H20BrN3O5. The first-order chi connectivity index (χ1) is 16.0.